The van der Waals surface area contributed by atoms with E-state index in [2.05, 4.69) is 0 Å². The summed E-state index contributed by atoms with van der Waals surface area (Å²) in [4.78, 5) is 11.1. The molecule has 0 spiro atoms. The Labute approximate surface area is 87.8 Å². The Bertz CT molecular complexity index is 345. The summed E-state index contributed by atoms with van der Waals surface area (Å²) in [6.07, 6.45) is 0.410. The van der Waals surface area contributed by atoms with Crippen LogP contribution >= 0.6 is 11.6 Å². The van der Waals surface area contributed by atoms with Crippen molar-refractivity contribution in [3.8, 4) is 0 Å². The molecule has 0 N–H and O–H groups in total. The topological polar surface area (TPSA) is 26.3 Å². The smallest absolute Gasteiger partial charge is 0.306 e. The van der Waals surface area contributed by atoms with Crippen LogP contribution in [0.5, 0.6) is 0 Å². The van der Waals surface area contributed by atoms with Gasteiger partial charge >= 0.3 is 5.97 Å². The van der Waals surface area contributed by atoms with E-state index >= 15 is 0 Å². The van der Waals surface area contributed by atoms with Crippen molar-refractivity contribution in [1.29, 1.82) is 0 Å². The summed E-state index contributed by atoms with van der Waals surface area (Å²) in [5.41, 5.74) is 1.02. The van der Waals surface area contributed by atoms with Gasteiger partial charge in [0.2, 0.25) is 0 Å². The molecule has 1 aliphatic rings. The number of halogens is 1. The number of hydrogen-bond acceptors (Lipinski definition) is 2. The standard InChI is InChI=1S/C11H11ClO2/c1-7-6-10(13)14-11(7)8-2-4-9(12)5-3-8/h2-5,7,11H,6H2,1H3/t7-,11-/m0/s1. The Morgan fingerprint density at radius 1 is 1.36 bits per heavy atom. The summed E-state index contributed by atoms with van der Waals surface area (Å²) in [5, 5.41) is 0.700. The van der Waals surface area contributed by atoms with Gasteiger partial charge < -0.3 is 4.74 Å². The number of benzene rings is 1. The molecule has 3 heteroatoms. The quantitative estimate of drug-likeness (QED) is 0.667. The molecule has 74 valence electrons. The fraction of sp³-hybridized carbons (Fsp3) is 0.364. The highest BCUT2D eigenvalue weighted by Crippen LogP contribution is 2.35. The Kier molecular flexibility index (Phi) is 2.46. The van der Waals surface area contributed by atoms with E-state index < -0.39 is 0 Å². The number of rotatable bonds is 1. The molecule has 1 heterocycles. The molecule has 1 aromatic rings. The Hall–Kier alpha value is -1.02. The van der Waals surface area contributed by atoms with Crippen LogP contribution in [0.15, 0.2) is 24.3 Å². The summed E-state index contributed by atoms with van der Waals surface area (Å²) < 4.78 is 5.22. The minimum Gasteiger partial charge on any atom is -0.457 e. The molecule has 0 aromatic heterocycles. The monoisotopic (exact) mass is 210 g/mol. The molecule has 2 atom stereocenters. The highest BCUT2D eigenvalue weighted by atomic mass is 35.5. The summed E-state index contributed by atoms with van der Waals surface area (Å²) in [6, 6.07) is 7.44. The van der Waals surface area contributed by atoms with Crippen molar-refractivity contribution in [2.24, 2.45) is 5.92 Å². The van der Waals surface area contributed by atoms with Gasteiger partial charge in [-0.05, 0) is 17.7 Å². The fourth-order valence-corrected chi connectivity index (χ4v) is 1.85. The molecule has 1 saturated heterocycles. The molecule has 14 heavy (non-hydrogen) atoms. The van der Waals surface area contributed by atoms with Gasteiger partial charge in [-0.3, -0.25) is 4.79 Å². The lowest BCUT2D eigenvalue weighted by atomic mass is 9.97. The molecule has 2 rings (SSSR count). The van der Waals surface area contributed by atoms with E-state index in [1.54, 1.807) is 0 Å². The molecule has 0 bridgehead atoms. The first kappa shape index (κ1) is 9.53. The number of hydrogen-bond donors (Lipinski definition) is 0. The molecular formula is C11H11ClO2. The fourth-order valence-electron chi connectivity index (χ4n) is 1.72. The zero-order valence-electron chi connectivity index (χ0n) is 7.87. The number of ether oxygens (including phenoxy) is 1. The Morgan fingerprint density at radius 3 is 2.50 bits per heavy atom. The van der Waals surface area contributed by atoms with Crippen LogP contribution in [0.1, 0.15) is 25.0 Å². The van der Waals surface area contributed by atoms with E-state index in [0.29, 0.717) is 11.4 Å². The minimum absolute atomic E-state index is 0.0974. The lowest BCUT2D eigenvalue weighted by molar-refractivity contribution is -0.141. The third-order valence-electron chi connectivity index (χ3n) is 2.46. The zero-order valence-corrected chi connectivity index (χ0v) is 8.62. The van der Waals surface area contributed by atoms with Crippen LogP contribution in [-0.4, -0.2) is 5.97 Å². The van der Waals surface area contributed by atoms with Crippen LogP contribution in [0.3, 0.4) is 0 Å². The first-order chi connectivity index (χ1) is 6.66. The van der Waals surface area contributed by atoms with E-state index in [4.69, 9.17) is 16.3 Å². The summed E-state index contributed by atoms with van der Waals surface area (Å²) >= 11 is 5.78. The second-order valence-corrected chi connectivity index (χ2v) is 4.08. The van der Waals surface area contributed by atoms with Crippen LogP contribution in [0, 0.1) is 5.92 Å². The van der Waals surface area contributed by atoms with Crippen LogP contribution < -0.4 is 0 Å². The molecule has 0 saturated carbocycles. The predicted molar refractivity (Wildman–Crippen MR) is 54.1 cm³/mol. The van der Waals surface area contributed by atoms with Crippen molar-refractivity contribution in [2.45, 2.75) is 19.4 Å². The van der Waals surface area contributed by atoms with Crippen molar-refractivity contribution >= 4 is 17.6 Å². The molecule has 0 amide bonds. The highest BCUT2D eigenvalue weighted by molar-refractivity contribution is 6.30. The first-order valence-electron chi connectivity index (χ1n) is 4.62. The summed E-state index contributed by atoms with van der Waals surface area (Å²) in [5.74, 6) is 0.140. The first-order valence-corrected chi connectivity index (χ1v) is 4.99. The van der Waals surface area contributed by atoms with Crippen molar-refractivity contribution in [1.82, 2.24) is 0 Å². The van der Waals surface area contributed by atoms with E-state index in [1.165, 1.54) is 0 Å². The van der Waals surface area contributed by atoms with Crippen molar-refractivity contribution in [3.05, 3.63) is 34.9 Å². The number of carbonyl (C=O) groups excluding carboxylic acids is 1. The second-order valence-electron chi connectivity index (χ2n) is 3.64. The van der Waals surface area contributed by atoms with Crippen LogP contribution in [0.25, 0.3) is 0 Å². The van der Waals surface area contributed by atoms with Gasteiger partial charge in [-0.2, -0.15) is 0 Å². The van der Waals surface area contributed by atoms with E-state index in [-0.39, 0.29) is 18.0 Å². The van der Waals surface area contributed by atoms with Gasteiger partial charge in [0, 0.05) is 10.9 Å². The molecule has 1 aliphatic heterocycles. The van der Waals surface area contributed by atoms with Gasteiger partial charge in [0.05, 0.1) is 6.42 Å². The van der Waals surface area contributed by atoms with Gasteiger partial charge in [0.25, 0.3) is 0 Å². The van der Waals surface area contributed by atoms with Gasteiger partial charge in [-0.1, -0.05) is 30.7 Å². The average Bonchev–Trinajstić information content (AvgIpc) is 2.47. The maximum atomic E-state index is 11.1. The van der Waals surface area contributed by atoms with Gasteiger partial charge in [0.15, 0.2) is 0 Å². The molecule has 0 aliphatic carbocycles. The Morgan fingerprint density at radius 2 is 2.00 bits per heavy atom. The molecule has 0 unspecified atom stereocenters. The van der Waals surface area contributed by atoms with E-state index in [9.17, 15) is 4.79 Å². The third-order valence-corrected chi connectivity index (χ3v) is 2.71. The predicted octanol–water partition coefficient (Wildman–Crippen LogP) is 2.96. The van der Waals surface area contributed by atoms with Crippen molar-refractivity contribution in [3.63, 3.8) is 0 Å². The highest BCUT2D eigenvalue weighted by Gasteiger charge is 2.32. The Balaban J connectivity index is 2.23. The van der Waals surface area contributed by atoms with Crippen LogP contribution in [0.4, 0.5) is 0 Å². The van der Waals surface area contributed by atoms with Gasteiger partial charge in [0.1, 0.15) is 6.10 Å². The maximum absolute atomic E-state index is 11.1. The molecule has 1 fully saturated rings. The third kappa shape index (κ3) is 1.75. The second kappa shape index (κ2) is 3.62. The normalized spacial score (nSPS) is 26.3. The molecule has 1 aromatic carbocycles. The van der Waals surface area contributed by atoms with Gasteiger partial charge in [-0.15, -0.1) is 0 Å². The number of cyclic esters (lactones) is 1. The maximum Gasteiger partial charge on any atom is 0.306 e. The number of esters is 1. The van der Waals surface area contributed by atoms with Crippen molar-refractivity contribution < 1.29 is 9.53 Å². The number of carbonyl (C=O) groups is 1. The van der Waals surface area contributed by atoms with E-state index in [1.807, 2.05) is 31.2 Å². The summed E-state index contributed by atoms with van der Waals surface area (Å²) in [7, 11) is 0. The molecule has 0 radical (unpaired) electrons. The van der Waals surface area contributed by atoms with E-state index in [0.717, 1.165) is 5.56 Å². The van der Waals surface area contributed by atoms with Crippen molar-refractivity contribution in [2.75, 3.05) is 0 Å². The molecular weight excluding hydrogens is 200 g/mol. The molecule has 2 nitrogen and oxygen atoms in total. The minimum atomic E-state index is -0.113. The lowest BCUT2D eigenvalue weighted by Crippen LogP contribution is -2.03. The summed E-state index contributed by atoms with van der Waals surface area (Å²) in [6.45, 7) is 2.02. The average molecular weight is 211 g/mol. The van der Waals surface area contributed by atoms with Crippen LogP contribution in [-0.2, 0) is 9.53 Å². The van der Waals surface area contributed by atoms with Crippen LogP contribution in [0.2, 0.25) is 5.02 Å². The largest absolute Gasteiger partial charge is 0.457 e. The lowest BCUT2D eigenvalue weighted by Gasteiger charge is -2.13. The SMILES string of the molecule is C[C@H]1CC(=O)O[C@@H]1c1ccc(Cl)cc1. The van der Waals surface area contributed by atoms with Gasteiger partial charge in [-0.25, -0.2) is 0 Å². The zero-order chi connectivity index (χ0) is 10.1.